The van der Waals surface area contributed by atoms with E-state index in [1.807, 2.05) is 18.2 Å². The van der Waals surface area contributed by atoms with Crippen molar-refractivity contribution in [3.63, 3.8) is 0 Å². The summed E-state index contributed by atoms with van der Waals surface area (Å²) in [4.78, 5) is 11.6. The lowest BCUT2D eigenvalue weighted by Crippen LogP contribution is -2.25. The molecule has 20 heavy (non-hydrogen) atoms. The van der Waals surface area contributed by atoms with Crippen LogP contribution in [0.25, 0.3) is 0 Å². The molecule has 0 unspecified atom stereocenters. The molecule has 0 aliphatic rings. The number of hydrogen-bond donors (Lipinski definition) is 1. The molecule has 1 aromatic rings. The van der Waals surface area contributed by atoms with Crippen molar-refractivity contribution in [3.05, 3.63) is 46.5 Å². The van der Waals surface area contributed by atoms with E-state index in [1.165, 1.54) is 5.56 Å². The van der Waals surface area contributed by atoms with E-state index >= 15 is 0 Å². The van der Waals surface area contributed by atoms with Crippen molar-refractivity contribution < 1.29 is 4.79 Å². The third kappa shape index (κ3) is 9.00. The first-order valence-electron chi connectivity index (χ1n) is 7.00. The molecule has 4 heteroatoms. The third-order valence-electron chi connectivity index (χ3n) is 2.99. The molecular formula is C16H21Cl2NO. The average Bonchev–Trinajstić information content (AvgIpc) is 2.43. The molecule has 0 aromatic heterocycles. The first kappa shape index (κ1) is 17.1. The van der Waals surface area contributed by atoms with E-state index in [0.717, 1.165) is 32.1 Å². The maximum absolute atomic E-state index is 11.6. The standard InChI is InChI=1S/C16H21Cl2NO/c17-15(18)10-6-1-2-7-11-16(20)19-13-12-14-8-4-3-5-9-14/h3-5,8-10H,1-2,6-7,11-13H2,(H,19,20). The van der Waals surface area contributed by atoms with Crippen LogP contribution in [-0.2, 0) is 11.2 Å². The van der Waals surface area contributed by atoms with Gasteiger partial charge in [0.1, 0.15) is 4.49 Å². The lowest BCUT2D eigenvalue weighted by Gasteiger charge is -2.05. The zero-order valence-electron chi connectivity index (χ0n) is 11.6. The van der Waals surface area contributed by atoms with Gasteiger partial charge in [0.15, 0.2) is 0 Å². The third-order valence-corrected chi connectivity index (χ3v) is 3.29. The maximum Gasteiger partial charge on any atom is 0.220 e. The Balaban J connectivity index is 1.99. The van der Waals surface area contributed by atoms with Gasteiger partial charge in [0, 0.05) is 13.0 Å². The second kappa shape index (κ2) is 10.8. The normalized spacial score (nSPS) is 10.1. The molecule has 0 aliphatic heterocycles. The Kier molecular flexibility index (Phi) is 9.18. The fourth-order valence-electron chi connectivity index (χ4n) is 1.90. The van der Waals surface area contributed by atoms with Crippen LogP contribution in [0, 0.1) is 0 Å². The van der Waals surface area contributed by atoms with E-state index in [4.69, 9.17) is 23.2 Å². The number of benzene rings is 1. The molecule has 0 fully saturated rings. The molecule has 0 spiro atoms. The quantitative estimate of drug-likeness (QED) is 0.662. The maximum atomic E-state index is 11.6. The van der Waals surface area contributed by atoms with Crippen molar-refractivity contribution >= 4 is 29.1 Å². The predicted molar refractivity (Wildman–Crippen MR) is 86.0 cm³/mol. The summed E-state index contributed by atoms with van der Waals surface area (Å²) in [7, 11) is 0. The van der Waals surface area contributed by atoms with Gasteiger partial charge in [-0.1, -0.05) is 66.0 Å². The second-order valence-corrected chi connectivity index (χ2v) is 5.69. The monoisotopic (exact) mass is 313 g/mol. The van der Waals surface area contributed by atoms with E-state index in [-0.39, 0.29) is 5.91 Å². The Morgan fingerprint density at radius 2 is 1.85 bits per heavy atom. The fourth-order valence-corrected chi connectivity index (χ4v) is 2.12. The number of carbonyl (C=O) groups excluding carboxylic acids is 1. The minimum atomic E-state index is 0.131. The Bertz CT molecular complexity index is 414. The van der Waals surface area contributed by atoms with Crippen LogP contribution in [0.5, 0.6) is 0 Å². The van der Waals surface area contributed by atoms with Gasteiger partial charge in [-0.15, -0.1) is 0 Å². The summed E-state index contributed by atoms with van der Waals surface area (Å²) < 4.78 is 0.323. The van der Waals surface area contributed by atoms with E-state index in [2.05, 4.69) is 17.4 Å². The molecular weight excluding hydrogens is 293 g/mol. The molecule has 0 saturated heterocycles. The van der Waals surface area contributed by atoms with Crippen molar-refractivity contribution in [3.8, 4) is 0 Å². The van der Waals surface area contributed by atoms with Crippen molar-refractivity contribution in [1.82, 2.24) is 5.32 Å². The van der Waals surface area contributed by atoms with Gasteiger partial charge in [-0.25, -0.2) is 0 Å². The van der Waals surface area contributed by atoms with E-state index in [0.29, 0.717) is 17.5 Å². The molecule has 1 aromatic carbocycles. The van der Waals surface area contributed by atoms with Crippen LogP contribution >= 0.6 is 23.2 Å². The van der Waals surface area contributed by atoms with E-state index in [1.54, 1.807) is 6.08 Å². The van der Waals surface area contributed by atoms with Crippen LogP contribution in [0.4, 0.5) is 0 Å². The first-order valence-corrected chi connectivity index (χ1v) is 7.76. The van der Waals surface area contributed by atoms with Gasteiger partial charge in [-0.2, -0.15) is 0 Å². The van der Waals surface area contributed by atoms with Crippen molar-refractivity contribution in [2.24, 2.45) is 0 Å². The Morgan fingerprint density at radius 1 is 1.10 bits per heavy atom. The van der Waals surface area contributed by atoms with Gasteiger partial charge in [0.2, 0.25) is 5.91 Å². The summed E-state index contributed by atoms with van der Waals surface area (Å²) in [5.41, 5.74) is 1.25. The Labute approximate surface area is 131 Å². The number of unbranched alkanes of at least 4 members (excludes halogenated alkanes) is 3. The number of amides is 1. The number of nitrogens with one attached hydrogen (secondary N) is 1. The number of halogens is 2. The molecule has 1 rings (SSSR count). The highest BCUT2D eigenvalue weighted by molar-refractivity contribution is 6.55. The zero-order valence-corrected chi connectivity index (χ0v) is 13.1. The summed E-state index contributed by atoms with van der Waals surface area (Å²) in [6.45, 7) is 0.702. The lowest BCUT2D eigenvalue weighted by atomic mass is 10.1. The van der Waals surface area contributed by atoms with Crippen molar-refractivity contribution in [1.29, 1.82) is 0 Å². The molecule has 0 bridgehead atoms. The summed E-state index contributed by atoms with van der Waals surface area (Å²) in [5.74, 6) is 0.131. The summed E-state index contributed by atoms with van der Waals surface area (Å²) in [5, 5.41) is 2.95. The topological polar surface area (TPSA) is 29.1 Å². The fraction of sp³-hybridized carbons (Fsp3) is 0.438. The second-order valence-electron chi connectivity index (χ2n) is 4.68. The highest BCUT2D eigenvalue weighted by atomic mass is 35.5. The van der Waals surface area contributed by atoms with Crippen LogP contribution in [0.15, 0.2) is 40.9 Å². The van der Waals surface area contributed by atoms with E-state index < -0.39 is 0 Å². The van der Waals surface area contributed by atoms with Crippen LogP contribution in [-0.4, -0.2) is 12.5 Å². The van der Waals surface area contributed by atoms with Gasteiger partial charge in [-0.3, -0.25) is 4.79 Å². The highest BCUT2D eigenvalue weighted by Crippen LogP contribution is 2.11. The molecule has 110 valence electrons. The van der Waals surface area contributed by atoms with Gasteiger partial charge < -0.3 is 5.32 Å². The molecule has 1 N–H and O–H groups in total. The minimum Gasteiger partial charge on any atom is -0.356 e. The SMILES string of the molecule is O=C(CCCCCC=C(Cl)Cl)NCCc1ccccc1. The van der Waals surface area contributed by atoms with Crippen molar-refractivity contribution in [2.45, 2.75) is 38.5 Å². The molecule has 2 nitrogen and oxygen atoms in total. The van der Waals surface area contributed by atoms with Gasteiger partial charge in [-0.05, 0) is 31.2 Å². The molecule has 0 atom stereocenters. The number of rotatable bonds is 9. The van der Waals surface area contributed by atoms with Gasteiger partial charge >= 0.3 is 0 Å². The molecule has 1 amide bonds. The molecule has 0 saturated carbocycles. The number of allylic oxidation sites excluding steroid dienone is 1. The van der Waals surface area contributed by atoms with Crippen LogP contribution < -0.4 is 5.32 Å². The molecule has 0 heterocycles. The summed E-state index contributed by atoms with van der Waals surface area (Å²) >= 11 is 11.0. The van der Waals surface area contributed by atoms with Crippen LogP contribution in [0.3, 0.4) is 0 Å². The smallest absolute Gasteiger partial charge is 0.220 e. The van der Waals surface area contributed by atoms with Gasteiger partial charge in [0.25, 0.3) is 0 Å². The number of carbonyl (C=O) groups is 1. The minimum absolute atomic E-state index is 0.131. The van der Waals surface area contributed by atoms with Gasteiger partial charge in [0.05, 0.1) is 0 Å². The Morgan fingerprint density at radius 3 is 2.55 bits per heavy atom. The average molecular weight is 314 g/mol. The van der Waals surface area contributed by atoms with Crippen LogP contribution in [0.2, 0.25) is 0 Å². The van der Waals surface area contributed by atoms with E-state index in [9.17, 15) is 4.79 Å². The largest absolute Gasteiger partial charge is 0.356 e. The lowest BCUT2D eigenvalue weighted by molar-refractivity contribution is -0.121. The summed E-state index contributed by atoms with van der Waals surface area (Å²) in [6.07, 6.45) is 7.08. The van der Waals surface area contributed by atoms with Crippen molar-refractivity contribution in [2.75, 3.05) is 6.54 Å². The van der Waals surface area contributed by atoms with Crippen LogP contribution in [0.1, 0.15) is 37.7 Å². The number of hydrogen-bond acceptors (Lipinski definition) is 1. The molecule has 0 aliphatic carbocycles. The highest BCUT2D eigenvalue weighted by Gasteiger charge is 2.00. The summed E-state index contributed by atoms with van der Waals surface area (Å²) in [6, 6.07) is 10.2. The zero-order chi connectivity index (χ0) is 14.6. The first-order chi connectivity index (χ1) is 9.68. The Hall–Kier alpha value is -0.990. The predicted octanol–water partition coefficient (Wildman–Crippen LogP) is 4.61. The molecule has 0 radical (unpaired) electrons.